The van der Waals surface area contributed by atoms with Crippen LogP contribution in [0.4, 0.5) is 5.82 Å². The number of amides is 1. The second-order valence-corrected chi connectivity index (χ2v) is 6.84. The highest BCUT2D eigenvalue weighted by Gasteiger charge is 2.22. The Morgan fingerprint density at radius 1 is 1.23 bits per heavy atom. The van der Waals surface area contributed by atoms with Gasteiger partial charge in [-0.25, -0.2) is 4.98 Å². The van der Waals surface area contributed by atoms with E-state index in [0.29, 0.717) is 15.3 Å². The molecule has 1 amide bonds. The minimum Gasteiger partial charge on any atom is -0.336 e. The van der Waals surface area contributed by atoms with Gasteiger partial charge in [0.05, 0.1) is 5.52 Å². The molecule has 2 heterocycles. The van der Waals surface area contributed by atoms with E-state index in [2.05, 4.69) is 9.97 Å². The number of anilines is 1. The summed E-state index contributed by atoms with van der Waals surface area (Å²) in [5.41, 5.74) is 1.55. The molecule has 0 aliphatic carbocycles. The van der Waals surface area contributed by atoms with Crippen molar-refractivity contribution >= 4 is 45.6 Å². The van der Waals surface area contributed by atoms with Crippen LogP contribution in [-0.2, 0) is 0 Å². The lowest BCUT2D eigenvalue weighted by Gasteiger charge is -2.25. The Hall–Kier alpha value is -2.05. The molecule has 0 radical (unpaired) electrons. The predicted octanol–water partition coefficient (Wildman–Crippen LogP) is 4.41. The average molecular weight is 329 g/mol. The first kappa shape index (κ1) is 14.9. The fraction of sp³-hybridized carbons (Fsp3) is 0.188. The molecule has 0 aliphatic heterocycles. The van der Waals surface area contributed by atoms with Crippen molar-refractivity contribution in [3.63, 3.8) is 0 Å². The van der Waals surface area contributed by atoms with E-state index in [1.54, 1.807) is 4.90 Å². The number of thiazole rings is 1. The highest BCUT2D eigenvalue weighted by Crippen LogP contribution is 2.24. The van der Waals surface area contributed by atoms with Crippen molar-refractivity contribution < 1.29 is 4.79 Å². The molecule has 0 unspecified atom stereocenters. The van der Waals surface area contributed by atoms with Gasteiger partial charge in [-0.2, -0.15) is 0 Å². The number of pyridine rings is 1. The fourth-order valence-corrected chi connectivity index (χ4v) is 3.34. The number of rotatable bonds is 3. The maximum Gasteiger partial charge on any atom is 0.259 e. The zero-order chi connectivity index (χ0) is 15.7. The molecule has 22 heavy (non-hydrogen) atoms. The number of nitrogens with one attached hydrogen (secondary N) is 1. The first-order chi connectivity index (χ1) is 10.6. The Kier molecular flexibility index (Phi) is 4.04. The quantitative estimate of drug-likeness (QED) is 0.724. The van der Waals surface area contributed by atoms with Gasteiger partial charge in [0.2, 0.25) is 0 Å². The SMILES string of the molecule is CC(C)N(C(=O)c1ccccc1)c1ccc2[nH]c(=S)sc2n1. The zero-order valence-corrected chi connectivity index (χ0v) is 13.9. The number of benzene rings is 1. The molecule has 0 saturated heterocycles. The number of carbonyl (C=O) groups excluding carboxylic acids is 1. The monoisotopic (exact) mass is 329 g/mol. The topological polar surface area (TPSA) is 49.0 Å². The maximum absolute atomic E-state index is 12.8. The summed E-state index contributed by atoms with van der Waals surface area (Å²) >= 11 is 6.56. The molecule has 0 fully saturated rings. The number of H-pyrrole nitrogens is 1. The Morgan fingerprint density at radius 2 is 1.95 bits per heavy atom. The van der Waals surface area contributed by atoms with Gasteiger partial charge in [-0.1, -0.05) is 29.5 Å². The highest BCUT2D eigenvalue weighted by molar-refractivity contribution is 7.73. The average Bonchev–Trinajstić information content (AvgIpc) is 2.87. The molecule has 0 bridgehead atoms. The van der Waals surface area contributed by atoms with Gasteiger partial charge in [-0.05, 0) is 50.3 Å². The van der Waals surface area contributed by atoms with E-state index in [4.69, 9.17) is 12.2 Å². The molecule has 4 nitrogen and oxygen atoms in total. The smallest absolute Gasteiger partial charge is 0.259 e. The van der Waals surface area contributed by atoms with Gasteiger partial charge < -0.3 is 4.98 Å². The number of hydrogen-bond donors (Lipinski definition) is 1. The lowest BCUT2D eigenvalue weighted by atomic mass is 10.1. The van der Waals surface area contributed by atoms with Crippen molar-refractivity contribution in [2.75, 3.05) is 4.90 Å². The van der Waals surface area contributed by atoms with Crippen LogP contribution < -0.4 is 4.90 Å². The van der Waals surface area contributed by atoms with Gasteiger partial charge >= 0.3 is 0 Å². The first-order valence-electron chi connectivity index (χ1n) is 6.95. The Bertz CT molecular complexity index is 868. The summed E-state index contributed by atoms with van der Waals surface area (Å²) in [6, 6.07) is 13.0. The fourth-order valence-electron chi connectivity index (χ4n) is 2.28. The van der Waals surface area contributed by atoms with Gasteiger partial charge in [0.25, 0.3) is 5.91 Å². The molecule has 1 N–H and O–H groups in total. The standard InChI is InChI=1S/C16H15N3OS2/c1-10(2)19(15(20)11-6-4-3-5-7-11)13-9-8-12-14(18-13)22-16(21)17-12/h3-10H,1-2H3,(H,17,21). The summed E-state index contributed by atoms with van der Waals surface area (Å²) in [5.74, 6) is 0.586. The van der Waals surface area contributed by atoms with Crippen molar-refractivity contribution in [2.24, 2.45) is 0 Å². The maximum atomic E-state index is 12.8. The van der Waals surface area contributed by atoms with Crippen molar-refractivity contribution in [3.05, 3.63) is 52.0 Å². The van der Waals surface area contributed by atoms with Gasteiger partial charge in [0.1, 0.15) is 10.6 Å². The van der Waals surface area contributed by atoms with E-state index in [-0.39, 0.29) is 11.9 Å². The number of aromatic amines is 1. The Morgan fingerprint density at radius 3 is 2.64 bits per heavy atom. The minimum absolute atomic E-state index is 0.00423. The molecular weight excluding hydrogens is 314 g/mol. The number of hydrogen-bond acceptors (Lipinski definition) is 4. The Labute approximate surface area is 137 Å². The largest absolute Gasteiger partial charge is 0.336 e. The third kappa shape index (κ3) is 2.80. The third-order valence-corrected chi connectivity index (χ3v) is 4.42. The molecule has 6 heteroatoms. The van der Waals surface area contributed by atoms with E-state index >= 15 is 0 Å². The molecule has 112 valence electrons. The van der Waals surface area contributed by atoms with Gasteiger partial charge in [-0.3, -0.25) is 9.69 Å². The molecule has 3 aromatic rings. The summed E-state index contributed by atoms with van der Waals surface area (Å²) in [5, 5.41) is 0. The van der Waals surface area contributed by atoms with E-state index in [0.717, 1.165) is 10.3 Å². The summed E-state index contributed by atoms with van der Waals surface area (Å²) < 4.78 is 0.685. The van der Waals surface area contributed by atoms with Gasteiger partial charge in [-0.15, -0.1) is 0 Å². The predicted molar refractivity (Wildman–Crippen MR) is 93.2 cm³/mol. The van der Waals surface area contributed by atoms with E-state index in [1.807, 2.05) is 56.3 Å². The molecule has 0 atom stereocenters. The molecule has 0 spiro atoms. The van der Waals surface area contributed by atoms with Crippen LogP contribution in [0.2, 0.25) is 0 Å². The van der Waals surface area contributed by atoms with Crippen LogP contribution in [0.1, 0.15) is 24.2 Å². The van der Waals surface area contributed by atoms with E-state index in [1.165, 1.54) is 11.3 Å². The van der Waals surface area contributed by atoms with Crippen molar-refractivity contribution in [1.29, 1.82) is 0 Å². The molecule has 0 aliphatic rings. The van der Waals surface area contributed by atoms with Crippen LogP contribution in [0.15, 0.2) is 42.5 Å². The van der Waals surface area contributed by atoms with Crippen molar-refractivity contribution in [1.82, 2.24) is 9.97 Å². The van der Waals surface area contributed by atoms with Crippen molar-refractivity contribution in [2.45, 2.75) is 19.9 Å². The summed E-state index contributed by atoms with van der Waals surface area (Å²) in [7, 11) is 0. The second kappa shape index (κ2) is 5.98. The number of carbonyl (C=O) groups is 1. The first-order valence-corrected chi connectivity index (χ1v) is 8.17. The molecule has 2 aromatic heterocycles. The van der Waals surface area contributed by atoms with Gasteiger partial charge in [0, 0.05) is 11.6 Å². The normalized spacial score (nSPS) is 11.0. The lowest BCUT2D eigenvalue weighted by Crippen LogP contribution is -2.37. The third-order valence-electron chi connectivity index (χ3n) is 3.27. The lowest BCUT2D eigenvalue weighted by molar-refractivity contribution is 0.0979. The van der Waals surface area contributed by atoms with Crippen LogP contribution >= 0.6 is 23.6 Å². The van der Waals surface area contributed by atoms with Crippen LogP contribution in [-0.4, -0.2) is 21.9 Å². The van der Waals surface area contributed by atoms with E-state index in [9.17, 15) is 4.79 Å². The van der Waals surface area contributed by atoms with Gasteiger partial charge in [0.15, 0.2) is 3.95 Å². The number of fused-ring (bicyclic) bond motifs is 1. The zero-order valence-electron chi connectivity index (χ0n) is 12.2. The summed E-state index contributed by atoms with van der Waals surface area (Å²) in [6.45, 7) is 3.96. The molecule has 3 rings (SSSR count). The van der Waals surface area contributed by atoms with Crippen LogP contribution in [0.3, 0.4) is 0 Å². The van der Waals surface area contributed by atoms with Crippen molar-refractivity contribution in [3.8, 4) is 0 Å². The van der Waals surface area contributed by atoms with E-state index < -0.39 is 0 Å². The van der Waals surface area contributed by atoms with Crippen LogP contribution in [0, 0.1) is 3.95 Å². The molecule has 1 aromatic carbocycles. The second-order valence-electron chi connectivity index (χ2n) is 5.17. The minimum atomic E-state index is -0.0541. The number of nitrogens with zero attached hydrogens (tertiary/aromatic N) is 2. The molecular formula is C16H15N3OS2. The molecule has 0 saturated carbocycles. The number of aromatic nitrogens is 2. The summed E-state index contributed by atoms with van der Waals surface area (Å²) in [4.78, 5) is 23.0. The Balaban J connectivity index is 2.06. The van der Waals surface area contributed by atoms with Crippen LogP contribution in [0.25, 0.3) is 10.3 Å². The highest BCUT2D eigenvalue weighted by atomic mass is 32.1. The summed E-state index contributed by atoms with van der Waals surface area (Å²) in [6.07, 6.45) is 0. The van der Waals surface area contributed by atoms with Crippen LogP contribution in [0.5, 0.6) is 0 Å².